The van der Waals surface area contributed by atoms with Crippen molar-refractivity contribution in [3.63, 3.8) is 0 Å². The second-order valence-electron chi connectivity index (χ2n) is 5.30. The van der Waals surface area contributed by atoms with Crippen molar-refractivity contribution in [2.24, 2.45) is 0 Å². The predicted molar refractivity (Wildman–Crippen MR) is 94.3 cm³/mol. The molecule has 0 atom stereocenters. The van der Waals surface area contributed by atoms with Crippen LogP contribution in [-0.2, 0) is 10.0 Å². The molecule has 0 aliphatic carbocycles. The molecule has 0 fully saturated rings. The number of anilines is 1. The second kappa shape index (κ2) is 6.60. The van der Waals surface area contributed by atoms with Crippen molar-refractivity contribution < 1.29 is 22.3 Å². The van der Waals surface area contributed by atoms with Gasteiger partial charge in [0.15, 0.2) is 17.3 Å². The van der Waals surface area contributed by atoms with Gasteiger partial charge in [0, 0.05) is 12.1 Å². The predicted octanol–water partition coefficient (Wildman–Crippen LogP) is 3.80. The lowest BCUT2D eigenvalue weighted by Crippen LogP contribution is -2.14. The molecule has 3 aromatic rings. The Labute approximate surface area is 145 Å². The van der Waals surface area contributed by atoms with Gasteiger partial charge in [0.1, 0.15) is 0 Å². The fourth-order valence-corrected chi connectivity index (χ4v) is 3.56. The van der Waals surface area contributed by atoms with Crippen molar-refractivity contribution in [3.05, 3.63) is 60.4 Å². The Morgan fingerprint density at radius 3 is 2.20 bits per heavy atom. The summed E-state index contributed by atoms with van der Waals surface area (Å²) in [6.07, 6.45) is 0. The molecule has 5 nitrogen and oxygen atoms in total. The van der Waals surface area contributed by atoms with Crippen LogP contribution in [0.3, 0.4) is 0 Å². The number of ether oxygens (including phenoxy) is 2. The van der Waals surface area contributed by atoms with Crippen LogP contribution >= 0.6 is 0 Å². The Bertz CT molecular complexity index is 1030. The van der Waals surface area contributed by atoms with Crippen LogP contribution in [0, 0.1) is 5.82 Å². The van der Waals surface area contributed by atoms with Crippen LogP contribution in [-0.4, -0.2) is 22.6 Å². The smallest absolute Gasteiger partial charge is 0.262 e. The Morgan fingerprint density at radius 2 is 1.52 bits per heavy atom. The Kier molecular flexibility index (Phi) is 4.50. The van der Waals surface area contributed by atoms with Crippen LogP contribution in [0.5, 0.6) is 11.5 Å². The van der Waals surface area contributed by atoms with Crippen molar-refractivity contribution in [2.45, 2.75) is 4.90 Å². The summed E-state index contributed by atoms with van der Waals surface area (Å²) >= 11 is 0. The van der Waals surface area contributed by atoms with E-state index in [-0.39, 0.29) is 22.1 Å². The van der Waals surface area contributed by atoms with Crippen molar-refractivity contribution in [1.29, 1.82) is 0 Å². The Hall–Kier alpha value is -2.80. The first-order valence-electron chi connectivity index (χ1n) is 7.38. The van der Waals surface area contributed by atoms with Crippen LogP contribution in [0.15, 0.2) is 59.5 Å². The average Bonchev–Trinajstić information content (AvgIpc) is 2.62. The SMILES string of the molecule is COc1cc(F)c(NS(=O)(=O)c2ccc3ccccc3c2)cc1OC. The maximum Gasteiger partial charge on any atom is 0.262 e. The number of halogens is 1. The Balaban J connectivity index is 2.00. The first-order chi connectivity index (χ1) is 11.9. The van der Waals surface area contributed by atoms with E-state index in [1.54, 1.807) is 6.07 Å². The number of rotatable bonds is 5. The molecule has 0 spiro atoms. The molecule has 3 aromatic carbocycles. The number of hydrogen-bond acceptors (Lipinski definition) is 4. The molecule has 0 aliphatic rings. The first kappa shape index (κ1) is 17.0. The largest absolute Gasteiger partial charge is 0.493 e. The van der Waals surface area contributed by atoms with Crippen LogP contribution in [0.4, 0.5) is 10.1 Å². The zero-order valence-electron chi connectivity index (χ0n) is 13.6. The van der Waals surface area contributed by atoms with Gasteiger partial charge in [-0.25, -0.2) is 12.8 Å². The van der Waals surface area contributed by atoms with Gasteiger partial charge in [-0.3, -0.25) is 4.72 Å². The summed E-state index contributed by atoms with van der Waals surface area (Å²) < 4.78 is 51.7. The number of hydrogen-bond donors (Lipinski definition) is 1. The second-order valence-corrected chi connectivity index (χ2v) is 6.98. The monoisotopic (exact) mass is 361 g/mol. The van der Waals surface area contributed by atoms with Gasteiger partial charge >= 0.3 is 0 Å². The minimum absolute atomic E-state index is 0.0420. The zero-order valence-corrected chi connectivity index (χ0v) is 14.4. The van der Waals surface area contributed by atoms with E-state index in [1.165, 1.54) is 32.4 Å². The zero-order chi connectivity index (χ0) is 18.0. The van der Waals surface area contributed by atoms with E-state index in [2.05, 4.69) is 4.72 Å². The number of fused-ring (bicyclic) bond motifs is 1. The van der Waals surface area contributed by atoms with Gasteiger partial charge in [0.05, 0.1) is 24.8 Å². The number of sulfonamides is 1. The van der Waals surface area contributed by atoms with Gasteiger partial charge in [-0.2, -0.15) is 0 Å². The maximum atomic E-state index is 14.2. The summed E-state index contributed by atoms with van der Waals surface area (Å²) in [5.41, 5.74) is -0.217. The van der Waals surface area contributed by atoms with Gasteiger partial charge in [-0.1, -0.05) is 30.3 Å². The summed E-state index contributed by atoms with van der Waals surface area (Å²) in [5.74, 6) is -0.365. The summed E-state index contributed by atoms with van der Waals surface area (Å²) in [6.45, 7) is 0. The van der Waals surface area contributed by atoms with Gasteiger partial charge in [0.25, 0.3) is 10.0 Å². The average molecular weight is 361 g/mol. The molecule has 130 valence electrons. The molecule has 0 bridgehead atoms. The number of benzene rings is 3. The molecule has 0 amide bonds. The lowest BCUT2D eigenvalue weighted by atomic mass is 10.1. The molecule has 0 saturated heterocycles. The maximum absolute atomic E-state index is 14.2. The first-order valence-corrected chi connectivity index (χ1v) is 8.86. The molecule has 0 radical (unpaired) electrons. The molecule has 0 saturated carbocycles. The molecule has 7 heteroatoms. The highest BCUT2D eigenvalue weighted by Gasteiger charge is 2.19. The third-order valence-corrected chi connectivity index (χ3v) is 5.11. The summed E-state index contributed by atoms with van der Waals surface area (Å²) in [4.78, 5) is 0.0420. The summed E-state index contributed by atoms with van der Waals surface area (Å²) in [7, 11) is -1.20. The van der Waals surface area contributed by atoms with Crippen LogP contribution < -0.4 is 14.2 Å². The van der Waals surface area contributed by atoms with Gasteiger partial charge in [-0.05, 0) is 22.9 Å². The van der Waals surface area contributed by atoms with Crippen molar-refractivity contribution in [3.8, 4) is 11.5 Å². The van der Waals surface area contributed by atoms with Gasteiger partial charge < -0.3 is 9.47 Å². The molecule has 0 aliphatic heterocycles. The summed E-state index contributed by atoms with van der Waals surface area (Å²) in [5, 5.41) is 1.69. The van der Waals surface area contributed by atoms with Crippen LogP contribution in [0.2, 0.25) is 0 Å². The molecule has 0 aromatic heterocycles. The van der Waals surface area contributed by atoms with E-state index < -0.39 is 15.8 Å². The van der Waals surface area contributed by atoms with Gasteiger partial charge in [-0.15, -0.1) is 0 Å². The molecule has 3 rings (SSSR count). The van der Waals surface area contributed by atoms with Crippen molar-refractivity contribution in [2.75, 3.05) is 18.9 Å². The topological polar surface area (TPSA) is 64.6 Å². The van der Waals surface area contributed by atoms with E-state index in [1.807, 2.05) is 24.3 Å². The fourth-order valence-electron chi connectivity index (χ4n) is 2.47. The fraction of sp³-hybridized carbons (Fsp3) is 0.111. The molecule has 25 heavy (non-hydrogen) atoms. The van der Waals surface area contributed by atoms with Crippen LogP contribution in [0.1, 0.15) is 0 Å². The van der Waals surface area contributed by atoms with Crippen molar-refractivity contribution in [1.82, 2.24) is 0 Å². The molecule has 0 heterocycles. The lowest BCUT2D eigenvalue weighted by molar-refractivity contribution is 0.353. The number of methoxy groups -OCH3 is 2. The molecular formula is C18H16FNO4S. The van der Waals surface area contributed by atoms with E-state index >= 15 is 0 Å². The molecule has 0 unspecified atom stereocenters. The third kappa shape index (κ3) is 3.36. The minimum atomic E-state index is -3.96. The highest BCUT2D eigenvalue weighted by atomic mass is 32.2. The third-order valence-electron chi connectivity index (χ3n) is 3.75. The Morgan fingerprint density at radius 1 is 0.880 bits per heavy atom. The quantitative estimate of drug-likeness (QED) is 0.751. The van der Waals surface area contributed by atoms with Gasteiger partial charge in [0.2, 0.25) is 0 Å². The van der Waals surface area contributed by atoms with E-state index in [0.717, 1.165) is 16.8 Å². The van der Waals surface area contributed by atoms with E-state index in [0.29, 0.717) is 0 Å². The number of nitrogens with one attached hydrogen (secondary N) is 1. The lowest BCUT2D eigenvalue weighted by Gasteiger charge is -2.13. The molecule has 1 N–H and O–H groups in total. The highest BCUT2D eigenvalue weighted by Crippen LogP contribution is 2.33. The summed E-state index contributed by atoms with van der Waals surface area (Å²) in [6, 6.07) is 14.4. The molecular weight excluding hydrogens is 345 g/mol. The van der Waals surface area contributed by atoms with E-state index in [4.69, 9.17) is 9.47 Å². The standard InChI is InChI=1S/C18H16FNO4S/c1-23-17-10-15(19)16(11-18(17)24-2)20-25(21,22)14-8-7-12-5-3-4-6-13(12)9-14/h3-11,20H,1-2H3. The highest BCUT2D eigenvalue weighted by molar-refractivity contribution is 7.92. The minimum Gasteiger partial charge on any atom is -0.493 e. The van der Waals surface area contributed by atoms with E-state index in [9.17, 15) is 12.8 Å². The van der Waals surface area contributed by atoms with Crippen LogP contribution in [0.25, 0.3) is 10.8 Å². The normalized spacial score (nSPS) is 11.3. The van der Waals surface area contributed by atoms with Crippen molar-refractivity contribution >= 4 is 26.5 Å².